The smallest absolute Gasteiger partial charge is 0.320 e. The summed E-state index contributed by atoms with van der Waals surface area (Å²) in [6, 6.07) is 7.98. The summed E-state index contributed by atoms with van der Waals surface area (Å²) in [7, 11) is 0. The monoisotopic (exact) mass is 251 g/mol. The number of aliphatic carboxylic acids is 1. The molecular formula is C13H17NO2S. The van der Waals surface area contributed by atoms with Gasteiger partial charge in [-0.1, -0.05) is 18.2 Å². The first-order valence-corrected chi connectivity index (χ1v) is 6.64. The third-order valence-electron chi connectivity index (χ3n) is 3.20. The van der Waals surface area contributed by atoms with Crippen LogP contribution in [0, 0.1) is 6.92 Å². The first-order valence-electron chi connectivity index (χ1n) is 5.83. The lowest BCUT2D eigenvalue weighted by Crippen LogP contribution is -2.45. The molecule has 0 unspecified atom stereocenters. The van der Waals surface area contributed by atoms with Gasteiger partial charge in [0, 0.05) is 4.90 Å². The third kappa shape index (κ3) is 2.64. The number of thioether (sulfide) groups is 1. The predicted molar refractivity (Wildman–Crippen MR) is 69.5 cm³/mol. The van der Waals surface area contributed by atoms with Gasteiger partial charge in [-0.2, -0.15) is 0 Å². The zero-order chi connectivity index (χ0) is 12.3. The van der Waals surface area contributed by atoms with E-state index in [2.05, 4.69) is 5.32 Å². The molecule has 2 N–H and O–H groups in total. The van der Waals surface area contributed by atoms with Crippen LogP contribution in [0.1, 0.15) is 18.4 Å². The Balaban J connectivity index is 2.24. The Morgan fingerprint density at radius 3 is 2.59 bits per heavy atom. The van der Waals surface area contributed by atoms with Crippen molar-refractivity contribution in [1.29, 1.82) is 0 Å². The van der Waals surface area contributed by atoms with Crippen molar-refractivity contribution >= 4 is 17.7 Å². The summed E-state index contributed by atoms with van der Waals surface area (Å²) in [5, 5.41) is 12.7. The topological polar surface area (TPSA) is 49.3 Å². The number of carboxylic acid groups (broad SMARTS) is 1. The molecule has 1 saturated heterocycles. The molecule has 0 radical (unpaired) electrons. The summed E-state index contributed by atoms with van der Waals surface area (Å²) in [6.45, 7) is 3.59. The summed E-state index contributed by atoms with van der Waals surface area (Å²) in [6.07, 6.45) is 1.36. The van der Waals surface area contributed by atoms with Crippen molar-refractivity contribution in [1.82, 2.24) is 5.32 Å². The molecule has 1 fully saturated rings. The van der Waals surface area contributed by atoms with Crippen LogP contribution in [0.2, 0.25) is 0 Å². The minimum absolute atomic E-state index is 0.655. The van der Waals surface area contributed by atoms with Crippen LogP contribution in [0.4, 0.5) is 0 Å². The van der Waals surface area contributed by atoms with E-state index in [-0.39, 0.29) is 0 Å². The second-order valence-electron chi connectivity index (χ2n) is 4.42. The van der Waals surface area contributed by atoms with Gasteiger partial charge in [0.05, 0.1) is 0 Å². The minimum atomic E-state index is -0.688. The van der Waals surface area contributed by atoms with Crippen LogP contribution in [-0.4, -0.2) is 28.9 Å². The molecule has 4 heteroatoms. The molecular weight excluding hydrogens is 234 g/mol. The van der Waals surface area contributed by atoms with Crippen molar-refractivity contribution in [2.45, 2.75) is 29.4 Å². The Morgan fingerprint density at radius 1 is 1.35 bits per heavy atom. The van der Waals surface area contributed by atoms with Gasteiger partial charge in [0.15, 0.2) is 0 Å². The molecule has 0 aliphatic carbocycles. The summed E-state index contributed by atoms with van der Waals surface area (Å²) in [4.78, 5) is 12.6. The van der Waals surface area contributed by atoms with Gasteiger partial charge in [0.2, 0.25) is 0 Å². The van der Waals surface area contributed by atoms with E-state index in [1.165, 1.54) is 11.8 Å². The molecule has 1 aliphatic heterocycles. The van der Waals surface area contributed by atoms with Crippen molar-refractivity contribution in [3.63, 3.8) is 0 Å². The quantitative estimate of drug-likeness (QED) is 0.865. The van der Waals surface area contributed by atoms with Gasteiger partial charge in [-0.05, 0) is 44.5 Å². The molecule has 0 saturated carbocycles. The molecule has 0 spiro atoms. The van der Waals surface area contributed by atoms with E-state index >= 15 is 0 Å². The lowest BCUT2D eigenvalue weighted by molar-refractivity contribution is -0.140. The number of benzene rings is 1. The fraction of sp³-hybridized carbons (Fsp3) is 0.462. The highest BCUT2D eigenvalue weighted by Crippen LogP contribution is 2.41. The number of carboxylic acids is 1. The van der Waals surface area contributed by atoms with Crippen LogP contribution >= 0.6 is 11.8 Å². The van der Waals surface area contributed by atoms with E-state index < -0.39 is 10.7 Å². The van der Waals surface area contributed by atoms with Crippen LogP contribution in [0.3, 0.4) is 0 Å². The van der Waals surface area contributed by atoms with E-state index in [4.69, 9.17) is 0 Å². The Kier molecular flexibility index (Phi) is 3.74. The molecule has 0 bridgehead atoms. The molecule has 92 valence electrons. The fourth-order valence-corrected chi connectivity index (χ4v) is 3.36. The summed E-state index contributed by atoms with van der Waals surface area (Å²) < 4.78 is -0.655. The average molecular weight is 251 g/mol. The first-order chi connectivity index (χ1) is 8.14. The second-order valence-corrected chi connectivity index (χ2v) is 5.84. The predicted octanol–water partition coefficient (Wildman–Crippen LogP) is 2.29. The van der Waals surface area contributed by atoms with Gasteiger partial charge < -0.3 is 10.4 Å². The molecule has 1 aromatic rings. The van der Waals surface area contributed by atoms with Crippen LogP contribution in [0.5, 0.6) is 0 Å². The second kappa shape index (κ2) is 5.10. The molecule has 3 nitrogen and oxygen atoms in total. The van der Waals surface area contributed by atoms with E-state index in [9.17, 15) is 9.90 Å². The highest BCUT2D eigenvalue weighted by Gasteiger charge is 2.40. The standard InChI is InChI=1S/C13H17NO2S/c1-10-4-2-3-5-11(10)17-13(12(15)16)6-8-14-9-7-13/h2-5,14H,6-9H2,1H3,(H,15,16). The van der Waals surface area contributed by atoms with Crippen molar-refractivity contribution in [2.75, 3.05) is 13.1 Å². The number of carbonyl (C=O) groups is 1. The number of piperidine rings is 1. The van der Waals surface area contributed by atoms with Gasteiger partial charge >= 0.3 is 5.97 Å². The number of nitrogens with one attached hydrogen (secondary N) is 1. The van der Waals surface area contributed by atoms with Gasteiger partial charge in [-0.25, -0.2) is 0 Å². The number of aryl methyl sites for hydroxylation is 1. The van der Waals surface area contributed by atoms with Gasteiger partial charge in [0.1, 0.15) is 4.75 Å². The van der Waals surface area contributed by atoms with E-state index in [1.807, 2.05) is 31.2 Å². The highest BCUT2D eigenvalue weighted by atomic mass is 32.2. The maximum Gasteiger partial charge on any atom is 0.320 e. The Hall–Kier alpha value is -1.00. The maximum absolute atomic E-state index is 11.5. The molecule has 2 rings (SSSR count). The van der Waals surface area contributed by atoms with E-state index in [1.54, 1.807) is 0 Å². The first kappa shape index (κ1) is 12.5. The highest BCUT2D eigenvalue weighted by molar-refractivity contribution is 8.01. The van der Waals surface area contributed by atoms with E-state index in [0.29, 0.717) is 12.8 Å². The molecule has 1 heterocycles. The lowest BCUT2D eigenvalue weighted by Gasteiger charge is -2.33. The normalized spacial score (nSPS) is 18.9. The van der Waals surface area contributed by atoms with Gasteiger partial charge in [0.25, 0.3) is 0 Å². The van der Waals surface area contributed by atoms with Crippen molar-refractivity contribution in [2.24, 2.45) is 0 Å². The van der Waals surface area contributed by atoms with Crippen LogP contribution in [0.25, 0.3) is 0 Å². The Labute approximate surface area is 106 Å². The minimum Gasteiger partial charge on any atom is -0.480 e. The number of hydrogen-bond acceptors (Lipinski definition) is 3. The largest absolute Gasteiger partial charge is 0.480 e. The molecule has 17 heavy (non-hydrogen) atoms. The Morgan fingerprint density at radius 2 is 2.00 bits per heavy atom. The van der Waals surface area contributed by atoms with Crippen molar-refractivity contribution in [3.8, 4) is 0 Å². The summed E-state index contributed by atoms with van der Waals surface area (Å²) in [5.74, 6) is -0.688. The molecule has 1 aromatic carbocycles. The lowest BCUT2D eigenvalue weighted by atomic mass is 9.97. The SMILES string of the molecule is Cc1ccccc1SC1(C(=O)O)CCNCC1. The summed E-state index contributed by atoms with van der Waals surface area (Å²) in [5.41, 5.74) is 1.15. The summed E-state index contributed by atoms with van der Waals surface area (Å²) >= 11 is 1.51. The van der Waals surface area contributed by atoms with Crippen LogP contribution < -0.4 is 5.32 Å². The molecule has 0 aromatic heterocycles. The zero-order valence-electron chi connectivity index (χ0n) is 9.90. The van der Waals surface area contributed by atoms with Crippen LogP contribution in [0.15, 0.2) is 29.2 Å². The van der Waals surface area contributed by atoms with Crippen molar-refractivity contribution < 1.29 is 9.90 Å². The van der Waals surface area contributed by atoms with Crippen molar-refractivity contribution in [3.05, 3.63) is 29.8 Å². The molecule has 1 aliphatic rings. The maximum atomic E-state index is 11.5. The third-order valence-corrected chi connectivity index (χ3v) is 4.85. The van der Waals surface area contributed by atoms with Gasteiger partial charge in [-0.15, -0.1) is 11.8 Å². The fourth-order valence-electron chi connectivity index (χ4n) is 2.07. The van der Waals surface area contributed by atoms with E-state index in [0.717, 1.165) is 23.5 Å². The zero-order valence-corrected chi connectivity index (χ0v) is 10.7. The molecule has 0 amide bonds. The Bertz CT molecular complexity index is 414. The van der Waals surface area contributed by atoms with Gasteiger partial charge in [-0.3, -0.25) is 4.79 Å². The average Bonchev–Trinajstić information content (AvgIpc) is 2.33. The van der Waals surface area contributed by atoms with Crippen LogP contribution in [-0.2, 0) is 4.79 Å². The number of rotatable bonds is 3. The number of hydrogen-bond donors (Lipinski definition) is 2. The molecule has 0 atom stereocenters.